The van der Waals surface area contributed by atoms with Crippen molar-refractivity contribution in [2.24, 2.45) is 5.92 Å². The predicted octanol–water partition coefficient (Wildman–Crippen LogP) is 2.03. The summed E-state index contributed by atoms with van der Waals surface area (Å²) in [5.74, 6) is 0.113. The van der Waals surface area contributed by atoms with Crippen LogP contribution in [-0.2, 0) is 15.0 Å². The maximum atomic E-state index is 12.6. The maximum absolute atomic E-state index is 12.6. The summed E-state index contributed by atoms with van der Waals surface area (Å²) in [6.07, 6.45) is 1.49. The summed E-state index contributed by atoms with van der Waals surface area (Å²) in [6, 6.07) is 3.46. The van der Waals surface area contributed by atoms with Gasteiger partial charge in [0.05, 0.1) is 21.4 Å². The molecule has 2 atom stereocenters. The van der Waals surface area contributed by atoms with Crippen LogP contribution in [0.5, 0.6) is 0 Å². The average Bonchev–Trinajstić information content (AvgIpc) is 3.23. The molecule has 0 unspecified atom stereocenters. The van der Waals surface area contributed by atoms with E-state index in [0.29, 0.717) is 35.2 Å². The molecule has 1 spiro atoms. The Morgan fingerprint density at radius 3 is 2.83 bits per heavy atom. The number of hydrogen-bond acceptors (Lipinski definition) is 3. The van der Waals surface area contributed by atoms with Gasteiger partial charge in [0.15, 0.2) is 0 Å². The van der Waals surface area contributed by atoms with Gasteiger partial charge in [-0.3, -0.25) is 9.59 Å². The molecule has 2 N–H and O–H groups in total. The van der Waals surface area contributed by atoms with E-state index in [1.54, 1.807) is 12.1 Å². The fourth-order valence-corrected chi connectivity index (χ4v) is 4.26. The van der Waals surface area contributed by atoms with Crippen molar-refractivity contribution in [3.05, 3.63) is 27.7 Å². The molecule has 7 heteroatoms. The predicted molar refractivity (Wildman–Crippen MR) is 88.9 cm³/mol. The zero-order valence-corrected chi connectivity index (χ0v) is 14.0. The number of rotatable bonds is 1. The van der Waals surface area contributed by atoms with Crippen molar-refractivity contribution in [2.75, 3.05) is 31.5 Å². The number of fused-ring (bicyclic) bond motifs is 2. The van der Waals surface area contributed by atoms with Crippen LogP contribution in [0.3, 0.4) is 0 Å². The highest BCUT2D eigenvalue weighted by Crippen LogP contribution is 2.47. The minimum atomic E-state index is -0.689. The van der Waals surface area contributed by atoms with Gasteiger partial charge in [0.2, 0.25) is 11.8 Å². The molecule has 0 radical (unpaired) electrons. The Bertz CT molecular complexity index is 703. The van der Waals surface area contributed by atoms with E-state index in [1.807, 2.05) is 4.90 Å². The molecule has 4 rings (SSSR count). The van der Waals surface area contributed by atoms with Crippen LogP contribution in [0.25, 0.3) is 0 Å². The zero-order chi connectivity index (χ0) is 16.2. The lowest BCUT2D eigenvalue weighted by Gasteiger charge is -2.24. The highest BCUT2D eigenvalue weighted by Gasteiger charge is 2.52. The Morgan fingerprint density at radius 1 is 1.30 bits per heavy atom. The summed E-state index contributed by atoms with van der Waals surface area (Å²) in [7, 11) is 0. The number of nitrogens with one attached hydrogen (secondary N) is 2. The molecule has 0 bridgehead atoms. The molecule has 3 heterocycles. The standard InChI is InChI=1S/C16H17Cl2N3O2/c17-11-5-10-13(6-12(11)18)20-15(23)16(10)2-4-21(8-16)14(22)9-1-3-19-7-9/h5-6,9,19H,1-4,7-8H2,(H,20,23)/t9-,16+/m0/s1. The second-order valence-corrected chi connectivity index (χ2v) is 7.36. The first kappa shape index (κ1) is 15.2. The zero-order valence-electron chi connectivity index (χ0n) is 12.5. The van der Waals surface area contributed by atoms with Gasteiger partial charge in [-0.2, -0.15) is 0 Å². The molecule has 0 aliphatic carbocycles. The van der Waals surface area contributed by atoms with Crippen molar-refractivity contribution in [1.82, 2.24) is 10.2 Å². The number of carbonyl (C=O) groups is 2. The molecule has 2 fully saturated rings. The Hall–Kier alpha value is -1.30. The van der Waals surface area contributed by atoms with Crippen LogP contribution >= 0.6 is 23.2 Å². The van der Waals surface area contributed by atoms with Gasteiger partial charge in [-0.1, -0.05) is 23.2 Å². The van der Waals surface area contributed by atoms with Crippen LogP contribution in [0.2, 0.25) is 10.0 Å². The van der Waals surface area contributed by atoms with Gasteiger partial charge in [-0.05, 0) is 37.1 Å². The number of benzene rings is 1. The third kappa shape index (κ3) is 2.25. The molecule has 5 nitrogen and oxygen atoms in total. The largest absolute Gasteiger partial charge is 0.341 e. The Balaban J connectivity index is 1.64. The molecule has 3 aliphatic heterocycles. The van der Waals surface area contributed by atoms with Crippen LogP contribution < -0.4 is 10.6 Å². The lowest BCUT2D eigenvalue weighted by molar-refractivity contribution is -0.134. The van der Waals surface area contributed by atoms with E-state index in [-0.39, 0.29) is 17.7 Å². The number of hydrogen-bond donors (Lipinski definition) is 2. The van der Waals surface area contributed by atoms with Gasteiger partial charge >= 0.3 is 0 Å². The quantitative estimate of drug-likeness (QED) is 0.811. The Morgan fingerprint density at radius 2 is 2.09 bits per heavy atom. The number of amides is 2. The summed E-state index contributed by atoms with van der Waals surface area (Å²) in [6.45, 7) is 2.63. The average molecular weight is 354 g/mol. The topological polar surface area (TPSA) is 61.4 Å². The number of likely N-dealkylation sites (tertiary alicyclic amines) is 1. The molecule has 2 saturated heterocycles. The number of anilines is 1. The fourth-order valence-electron chi connectivity index (χ4n) is 3.94. The Kier molecular flexibility index (Phi) is 3.55. The molecule has 1 aromatic carbocycles. The molecular formula is C16H17Cl2N3O2. The van der Waals surface area contributed by atoms with Crippen molar-refractivity contribution < 1.29 is 9.59 Å². The molecule has 2 amide bonds. The number of halogens is 2. The third-order valence-corrected chi connectivity index (χ3v) is 5.97. The van der Waals surface area contributed by atoms with Crippen LogP contribution in [0.15, 0.2) is 12.1 Å². The van der Waals surface area contributed by atoms with E-state index in [9.17, 15) is 9.59 Å². The minimum absolute atomic E-state index is 0.0305. The van der Waals surface area contributed by atoms with Crippen molar-refractivity contribution in [3.8, 4) is 0 Å². The summed E-state index contributed by atoms with van der Waals surface area (Å²) in [4.78, 5) is 27.1. The van der Waals surface area contributed by atoms with Crippen LogP contribution in [-0.4, -0.2) is 42.9 Å². The second-order valence-electron chi connectivity index (χ2n) is 6.55. The monoisotopic (exact) mass is 353 g/mol. The summed E-state index contributed by atoms with van der Waals surface area (Å²) >= 11 is 12.2. The van der Waals surface area contributed by atoms with E-state index >= 15 is 0 Å². The molecule has 23 heavy (non-hydrogen) atoms. The second kappa shape index (κ2) is 5.36. The van der Waals surface area contributed by atoms with Crippen molar-refractivity contribution >= 4 is 40.7 Å². The highest BCUT2D eigenvalue weighted by molar-refractivity contribution is 6.42. The molecule has 3 aliphatic rings. The molecule has 0 saturated carbocycles. The van der Waals surface area contributed by atoms with Gasteiger partial charge in [0, 0.05) is 25.3 Å². The van der Waals surface area contributed by atoms with Gasteiger partial charge in [-0.25, -0.2) is 0 Å². The lowest BCUT2D eigenvalue weighted by Crippen LogP contribution is -2.41. The highest BCUT2D eigenvalue weighted by atomic mass is 35.5. The van der Waals surface area contributed by atoms with E-state index in [4.69, 9.17) is 23.2 Å². The van der Waals surface area contributed by atoms with E-state index in [1.165, 1.54) is 0 Å². The molecule has 122 valence electrons. The van der Waals surface area contributed by atoms with Gasteiger partial charge in [0.25, 0.3) is 0 Å². The molecular weight excluding hydrogens is 337 g/mol. The van der Waals surface area contributed by atoms with E-state index in [2.05, 4.69) is 10.6 Å². The van der Waals surface area contributed by atoms with E-state index in [0.717, 1.165) is 25.1 Å². The smallest absolute Gasteiger partial charge is 0.237 e. The fraction of sp³-hybridized carbons (Fsp3) is 0.500. The lowest BCUT2D eigenvalue weighted by atomic mass is 9.81. The summed E-state index contributed by atoms with van der Waals surface area (Å²) < 4.78 is 0. The SMILES string of the molecule is O=C([C@H]1CCNC1)N1CC[C@]2(C1)C(=O)Nc1cc(Cl)c(Cl)cc12. The normalized spacial score (nSPS) is 29.2. The first-order valence-electron chi connectivity index (χ1n) is 7.82. The molecule has 1 aromatic rings. The number of carbonyl (C=O) groups excluding carboxylic acids is 2. The first-order chi connectivity index (χ1) is 11.0. The first-order valence-corrected chi connectivity index (χ1v) is 8.57. The van der Waals surface area contributed by atoms with Gasteiger partial charge in [0.1, 0.15) is 0 Å². The van der Waals surface area contributed by atoms with Crippen molar-refractivity contribution in [3.63, 3.8) is 0 Å². The maximum Gasteiger partial charge on any atom is 0.237 e. The van der Waals surface area contributed by atoms with E-state index < -0.39 is 5.41 Å². The summed E-state index contributed by atoms with van der Waals surface area (Å²) in [5, 5.41) is 6.97. The van der Waals surface area contributed by atoms with Crippen molar-refractivity contribution in [1.29, 1.82) is 0 Å². The third-order valence-electron chi connectivity index (χ3n) is 5.25. The van der Waals surface area contributed by atoms with Crippen molar-refractivity contribution in [2.45, 2.75) is 18.3 Å². The Labute approximate surface area is 144 Å². The number of nitrogens with zero attached hydrogens (tertiary/aromatic N) is 1. The van der Waals surface area contributed by atoms with Crippen LogP contribution in [0, 0.1) is 5.92 Å². The van der Waals surface area contributed by atoms with Crippen LogP contribution in [0.4, 0.5) is 5.69 Å². The minimum Gasteiger partial charge on any atom is -0.341 e. The van der Waals surface area contributed by atoms with Crippen LogP contribution in [0.1, 0.15) is 18.4 Å². The molecule has 0 aromatic heterocycles. The van der Waals surface area contributed by atoms with Gasteiger partial charge in [-0.15, -0.1) is 0 Å². The van der Waals surface area contributed by atoms with Gasteiger partial charge < -0.3 is 15.5 Å². The summed E-state index contributed by atoms with van der Waals surface area (Å²) in [5.41, 5.74) is 0.878.